The van der Waals surface area contributed by atoms with Gasteiger partial charge in [-0.3, -0.25) is 4.79 Å². The Morgan fingerprint density at radius 3 is 2.60 bits per heavy atom. The quantitative estimate of drug-likeness (QED) is 0.814. The van der Waals surface area contributed by atoms with E-state index in [1.807, 2.05) is 52.1 Å². The second-order valence-electron chi connectivity index (χ2n) is 5.01. The second kappa shape index (κ2) is 9.75. The van der Waals surface area contributed by atoms with Crippen molar-refractivity contribution in [3.8, 4) is 0 Å². The van der Waals surface area contributed by atoms with Gasteiger partial charge in [0.05, 0.1) is 12.7 Å². The molecule has 1 unspecified atom stereocenters. The molecule has 0 bridgehead atoms. The molecule has 1 rings (SSSR count). The van der Waals surface area contributed by atoms with Crippen LogP contribution in [0.3, 0.4) is 0 Å². The molecule has 0 aromatic heterocycles. The first-order valence-electron chi connectivity index (χ1n) is 6.69. The monoisotopic (exact) mass is 300 g/mol. The Balaban J connectivity index is 0.00000361. The third-order valence-electron chi connectivity index (χ3n) is 2.74. The van der Waals surface area contributed by atoms with Gasteiger partial charge in [0.15, 0.2) is 0 Å². The van der Waals surface area contributed by atoms with E-state index in [1.54, 1.807) is 0 Å². The number of amides is 1. The molecule has 0 radical (unpaired) electrons. The van der Waals surface area contributed by atoms with E-state index in [1.165, 1.54) is 0 Å². The summed E-state index contributed by atoms with van der Waals surface area (Å²) in [7, 11) is 1.84. The number of carbonyl (C=O) groups is 1. The molecule has 0 aliphatic heterocycles. The summed E-state index contributed by atoms with van der Waals surface area (Å²) < 4.78 is 5.55. The first-order valence-corrected chi connectivity index (χ1v) is 6.69. The van der Waals surface area contributed by atoms with Crippen LogP contribution in [0, 0.1) is 5.92 Å². The van der Waals surface area contributed by atoms with Crippen molar-refractivity contribution in [1.82, 2.24) is 5.32 Å². The minimum absolute atomic E-state index is 0. The maximum absolute atomic E-state index is 11.9. The highest BCUT2D eigenvalue weighted by Gasteiger charge is 2.11. The van der Waals surface area contributed by atoms with E-state index in [9.17, 15) is 4.79 Å². The highest BCUT2D eigenvalue weighted by atomic mass is 35.5. The number of ether oxygens (including phenoxy) is 1. The number of hydrogen-bond donors (Lipinski definition) is 2. The van der Waals surface area contributed by atoms with Crippen LogP contribution in [0.5, 0.6) is 0 Å². The van der Waals surface area contributed by atoms with Gasteiger partial charge in [-0.25, -0.2) is 0 Å². The van der Waals surface area contributed by atoms with Gasteiger partial charge in [0.25, 0.3) is 0 Å². The zero-order valence-corrected chi connectivity index (χ0v) is 13.4. The first kappa shape index (κ1) is 18.9. The fourth-order valence-corrected chi connectivity index (χ4v) is 1.67. The van der Waals surface area contributed by atoms with Crippen molar-refractivity contribution in [2.24, 2.45) is 5.92 Å². The highest BCUT2D eigenvalue weighted by Crippen LogP contribution is 2.13. The number of hydrogen-bond acceptors (Lipinski definition) is 3. The van der Waals surface area contributed by atoms with Crippen molar-refractivity contribution in [3.63, 3.8) is 0 Å². The normalized spacial score (nSPS) is 11.8. The van der Waals surface area contributed by atoms with Crippen molar-refractivity contribution in [2.45, 2.75) is 33.5 Å². The number of benzene rings is 1. The van der Waals surface area contributed by atoms with Crippen molar-refractivity contribution >= 4 is 24.0 Å². The van der Waals surface area contributed by atoms with Gasteiger partial charge < -0.3 is 15.4 Å². The van der Waals surface area contributed by atoms with Gasteiger partial charge in [0.2, 0.25) is 5.91 Å². The van der Waals surface area contributed by atoms with E-state index in [-0.39, 0.29) is 30.3 Å². The molecule has 1 atom stereocenters. The second-order valence-corrected chi connectivity index (χ2v) is 5.01. The van der Waals surface area contributed by atoms with E-state index >= 15 is 0 Å². The number of carbonyl (C=O) groups excluding carboxylic acids is 1. The van der Waals surface area contributed by atoms with Crippen molar-refractivity contribution in [2.75, 3.05) is 18.9 Å². The topological polar surface area (TPSA) is 50.4 Å². The van der Waals surface area contributed by atoms with Crippen LogP contribution in [0.15, 0.2) is 24.3 Å². The van der Waals surface area contributed by atoms with Crippen molar-refractivity contribution in [1.29, 1.82) is 0 Å². The third kappa shape index (κ3) is 6.89. The molecule has 0 aliphatic rings. The molecule has 2 N–H and O–H groups in total. The molecule has 5 heteroatoms. The third-order valence-corrected chi connectivity index (χ3v) is 2.74. The summed E-state index contributed by atoms with van der Waals surface area (Å²) in [6.45, 7) is 7.14. The Bertz CT molecular complexity index is 411. The van der Waals surface area contributed by atoms with Crippen LogP contribution in [0.1, 0.15) is 26.3 Å². The molecule has 0 saturated carbocycles. The maximum Gasteiger partial charge on any atom is 0.228 e. The fourth-order valence-electron chi connectivity index (χ4n) is 1.67. The molecule has 0 heterocycles. The molecular formula is C15H25ClN2O2. The summed E-state index contributed by atoms with van der Waals surface area (Å²) in [4.78, 5) is 11.9. The number of rotatable bonds is 7. The number of halogens is 1. The smallest absolute Gasteiger partial charge is 0.228 e. The molecule has 20 heavy (non-hydrogen) atoms. The molecule has 0 aliphatic carbocycles. The summed E-state index contributed by atoms with van der Waals surface area (Å²) in [5.41, 5.74) is 1.88. The molecule has 1 aromatic carbocycles. The predicted octanol–water partition coefficient (Wildman–Crippen LogP) is 2.83. The Kier molecular flexibility index (Phi) is 9.21. The van der Waals surface area contributed by atoms with Crippen LogP contribution in [-0.2, 0) is 16.1 Å². The van der Waals surface area contributed by atoms with Crippen LogP contribution in [0.2, 0.25) is 0 Å². The zero-order valence-electron chi connectivity index (χ0n) is 12.6. The average molecular weight is 301 g/mol. The van der Waals surface area contributed by atoms with Crippen LogP contribution in [0.25, 0.3) is 0 Å². The lowest BCUT2D eigenvalue weighted by Crippen LogP contribution is -2.28. The minimum atomic E-state index is -0.0550. The predicted molar refractivity (Wildman–Crippen MR) is 85.3 cm³/mol. The molecule has 114 valence electrons. The van der Waals surface area contributed by atoms with Crippen LogP contribution < -0.4 is 10.6 Å². The maximum atomic E-state index is 11.9. The van der Waals surface area contributed by atoms with Gasteiger partial charge in [0, 0.05) is 18.2 Å². The van der Waals surface area contributed by atoms with Gasteiger partial charge in [-0.15, -0.1) is 12.4 Å². The molecule has 0 fully saturated rings. The SMILES string of the molecule is CNCC(C)C(=O)Nc1cccc(COC(C)C)c1.Cl. The molecule has 0 spiro atoms. The Labute approximate surface area is 127 Å². The Hall–Kier alpha value is -1.10. The minimum Gasteiger partial charge on any atom is -0.374 e. The first-order chi connectivity index (χ1) is 9.02. The van der Waals surface area contributed by atoms with E-state index in [4.69, 9.17) is 4.74 Å². The van der Waals surface area contributed by atoms with Crippen molar-refractivity contribution < 1.29 is 9.53 Å². The van der Waals surface area contributed by atoms with Gasteiger partial charge in [0.1, 0.15) is 0 Å². The van der Waals surface area contributed by atoms with E-state index < -0.39 is 0 Å². The zero-order chi connectivity index (χ0) is 14.3. The van der Waals surface area contributed by atoms with E-state index in [2.05, 4.69) is 10.6 Å². The van der Waals surface area contributed by atoms with Crippen molar-refractivity contribution in [3.05, 3.63) is 29.8 Å². The number of nitrogens with one attached hydrogen (secondary N) is 2. The largest absolute Gasteiger partial charge is 0.374 e. The summed E-state index contributed by atoms with van der Waals surface area (Å²) >= 11 is 0. The van der Waals surface area contributed by atoms with E-state index in [0.29, 0.717) is 13.2 Å². The fraction of sp³-hybridized carbons (Fsp3) is 0.533. The van der Waals surface area contributed by atoms with E-state index in [0.717, 1.165) is 11.3 Å². The van der Waals surface area contributed by atoms with Gasteiger partial charge in [-0.05, 0) is 38.6 Å². The molecule has 0 saturated heterocycles. The lowest BCUT2D eigenvalue weighted by atomic mass is 10.1. The van der Waals surface area contributed by atoms with Gasteiger partial charge >= 0.3 is 0 Å². The standard InChI is InChI=1S/C15H24N2O2.ClH/c1-11(2)19-10-13-6-5-7-14(8-13)17-15(18)12(3)9-16-4;/h5-8,11-12,16H,9-10H2,1-4H3,(H,17,18);1H. The summed E-state index contributed by atoms with van der Waals surface area (Å²) in [6.07, 6.45) is 0.203. The van der Waals surface area contributed by atoms with Crippen LogP contribution in [0.4, 0.5) is 5.69 Å². The Morgan fingerprint density at radius 1 is 1.30 bits per heavy atom. The summed E-state index contributed by atoms with van der Waals surface area (Å²) in [6, 6.07) is 7.77. The lowest BCUT2D eigenvalue weighted by molar-refractivity contribution is -0.119. The average Bonchev–Trinajstić information content (AvgIpc) is 2.37. The van der Waals surface area contributed by atoms with Gasteiger partial charge in [-0.1, -0.05) is 19.1 Å². The van der Waals surface area contributed by atoms with Crippen LogP contribution >= 0.6 is 12.4 Å². The van der Waals surface area contributed by atoms with Gasteiger partial charge in [-0.2, -0.15) is 0 Å². The summed E-state index contributed by atoms with van der Waals surface area (Å²) in [5.74, 6) is -0.0307. The Morgan fingerprint density at radius 2 is 2.00 bits per heavy atom. The summed E-state index contributed by atoms with van der Waals surface area (Å²) in [5, 5.41) is 5.92. The molecule has 4 nitrogen and oxygen atoms in total. The molecular weight excluding hydrogens is 276 g/mol. The van der Waals surface area contributed by atoms with Crippen LogP contribution in [-0.4, -0.2) is 25.6 Å². The number of anilines is 1. The lowest BCUT2D eigenvalue weighted by Gasteiger charge is -2.13. The highest BCUT2D eigenvalue weighted by molar-refractivity contribution is 5.92. The molecule has 1 aromatic rings. The molecule has 1 amide bonds.